The van der Waals surface area contributed by atoms with Crippen molar-refractivity contribution < 1.29 is 26.8 Å². The molecule has 9 heteroatoms. The van der Waals surface area contributed by atoms with E-state index in [1.54, 1.807) is 30.5 Å². The summed E-state index contributed by atoms with van der Waals surface area (Å²) in [6.45, 7) is 1.82. The van der Waals surface area contributed by atoms with Gasteiger partial charge in [0.25, 0.3) is 10.0 Å². The second-order valence-corrected chi connectivity index (χ2v) is 10.6. The second kappa shape index (κ2) is 14.0. The van der Waals surface area contributed by atoms with Gasteiger partial charge in [0.1, 0.15) is 0 Å². The number of hydrogen-bond donors (Lipinski definition) is 1. The summed E-state index contributed by atoms with van der Waals surface area (Å²) in [5.41, 5.74) is 1.88. The fraction of sp³-hybridized carbons (Fsp3) is 0.212. The van der Waals surface area contributed by atoms with Crippen molar-refractivity contribution in [2.45, 2.75) is 53.9 Å². The highest BCUT2D eigenvalue weighted by molar-refractivity contribution is 7.90. The van der Waals surface area contributed by atoms with Crippen molar-refractivity contribution >= 4 is 43.5 Å². The van der Waals surface area contributed by atoms with Crippen LogP contribution in [0.1, 0.15) is 58.5 Å². The number of sulfonamides is 1. The Labute approximate surface area is 247 Å². The first kappa shape index (κ1) is 35.7. The molecule has 224 valence electrons. The van der Waals surface area contributed by atoms with Gasteiger partial charge in [0, 0.05) is 11.6 Å². The quantitative estimate of drug-likeness (QED) is 0.215. The molecule has 0 aliphatic carbocycles. The molecule has 4 aromatic carbocycles. The Kier molecular flexibility index (Phi) is 11.9. The largest absolute Gasteiger partial charge is 0.286 e. The number of nitrogens with zero attached hydrogens (tertiary/aromatic N) is 1. The maximum atomic E-state index is 13.7. The number of nitrogens with one attached hydrogen (secondary N) is 1. The second-order valence-electron chi connectivity index (χ2n) is 8.95. The smallest absolute Gasteiger partial charge is 0.264 e. The van der Waals surface area contributed by atoms with Crippen LogP contribution in [0.4, 0.5) is 8.78 Å². The SMILES string of the molecule is C.C.C.C.CC(C(=O)n1cc(CC(=O)NS(=O)(=O)c2ccc(F)c(F)c2)c2ccccc21)c1cccc2ccccc12. The molecule has 1 atom stereocenters. The third kappa shape index (κ3) is 6.74. The minimum Gasteiger partial charge on any atom is -0.286 e. The Balaban J connectivity index is 0.00000220. The van der Waals surface area contributed by atoms with Gasteiger partial charge in [-0.3, -0.25) is 14.2 Å². The molecule has 5 aromatic rings. The van der Waals surface area contributed by atoms with Crippen molar-refractivity contribution in [3.63, 3.8) is 0 Å². The Hall–Kier alpha value is -4.37. The zero-order valence-corrected chi connectivity index (χ0v) is 21.0. The number of halogens is 2. The summed E-state index contributed by atoms with van der Waals surface area (Å²) in [7, 11) is -4.43. The lowest BCUT2D eigenvalue weighted by atomic mass is 9.94. The maximum Gasteiger partial charge on any atom is 0.264 e. The molecule has 42 heavy (non-hydrogen) atoms. The summed E-state index contributed by atoms with van der Waals surface area (Å²) in [5.74, 6) is -4.15. The van der Waals surface area contributed by atoms with Crippen LogP contribution in [-0.4, -0.2) is 24.8 Å². The van der Waals surface area contributed by atoms with E-state index in [4.69, 9.17) is 0 Å². The van der Waals surface area contributed by atoms with Crippen molar-refractivity contribution in [1.82, 2.24) is 9.29 Å². The first-order valence-electron chi connectivity index (χ1n) is 11.8. The Bertz CT molecular complexity index is 1830. The van der Waals surface area contributed by atoms with Crippen molar-refractivity contribution in [2.75, 3.05) is 0 Å². The molecule has 0 bridgehead atoms. The molecular formula is C33H38F2N2O4S. The lowest BCUT2D eigenvalue weighted by molar-refractivity contribution is -0.118. The van der Waals surface area contributed by atoms with Crippen LogP contribution < -0.4 is 4.72 Å². The molecule has 0 saturated heterocycles. The number of hydrogen-bond acceptors (Lipinski definition) is 4. The number of fused-ring (bicyclic) bond motifs is 2. The van der Waals surface area contributed by atoms with E-state index in [1.807, 2.05) is 54.1 Å². The number of para-hydroxylation sites is 1. The summed E-state index contributed by atoms with van der Waals surface area (Å²) in [4.78, 5) is 25.8. The lowest BCUT2D eigenvalue weighted by Gasteiger charge is -2.15. The Morgan fingerprint density at radius 2 is 1.43 bits per heavy atom. The van der Waals surface area contributed by atoms with Gasteiger partial charge in [-0.1, -0.05) is 90.4 Å². The first-order valence-corrected chi connectivity index (χ1v) is 13.3. The third-order valence-corrected chi connectivity index (χ3v) is 7.86. The highest BCUT2D eigenvalue weighted by atomic mass is 32.2. The average Bonchev–Trinajstić information content (AvgIpc) is 3.26. The first-order chi connectivity index (χ1) is 18.2. The molecule has 0 aliphatic heterocycles. The molecule has 0 fully saturated rings. The lowest BCUT2D eigenvalue weighted by Crippen LogP contribution is -2.31. The topological polar surface area (TPSA) is 85.2 Å². The number of carbonyl (C=O) groups excluding carboxylic acids is 2. The number of rotatable bonds is 6. The Morgan fingerprint density at radius 3 is 2.12 bits per heavy atom. The molecule has 5 rings (SSSR count). The fourth-order valence-electron chi connectivity index (χ4n) is 4.60. The monoisotopic (exact) mass is 596 g/mol. The number of aromatic nitrogens is 1. The number of amides is 1. The molecule has 0 aliphatic rings. The van der Waals surface area contributed by atoms with E-state index >= 15 is 0 Å². The van der Waals surface area contributed by atoms with Gasteiger partial charge in [-0.25, -0.2) is 21.9 Å². The molecular weight excluding hydrogens is 558 g/mol. The van der Waals surface area contributed by atoms with E-state index in [0.717, 1.165) is 22.4 Å². The summed E-state index contributed by atoms with van der Waals surface area (Å²) in [6.07, 6.45) is 1.19. The summed E-state index contributed by atoms with van der Waals surface area (Å²) >= 11 is 0. The van der Waals surface area contributed by atoms with Crippen LogP contribution in [0.25, 0.3) is 21.7 Å². The summed E-state index contributed by atoms with van der Waals surface area (Å²) in [5, 5.41) is 2.60. The predicted molar refractivity (Wildman–Crippen MR) is 167 cm³/mol. The third-order valence-electron chi connectivity index (χ3n) is 6.49. The van der Waals surface area contributed by atoms with Crippen LogP contribution in [0.15, 0.2) is 96.0 Å². The van der Waals surface area contributed by atoms with Crippen LogP contribution in [0.5, 0.6) is 0 Å². The highest BCUT2D eigenvalue weighted by Crippen LogP contribution is 2.29. The van der Waals surface area contributed by atoms with E-state index in [1.165, 1.54) is 4.57 Å². The van der Waals surface area contributed by atoms with Gasteiger partial charge < -0.3 is 0 Å². The van der Waals surface area contributed by atoms with Crippen molar-refractivity contribution in [2.24, 2.45) is 0 Å². The zero-order chi connectivity index (χ0) is 27.0. The van der Waals surface area contributed by atoms with Gasteiger partial charge in [-0.05, 0) is 53.1 Å². The van der Waals surface area contributed by atoms with Gasteiger partial charge in [-0.15, -0.1) is 0 Å². The van der Waals surface area contributed by atoms with Crippen LogP contribution in [0.3, 0.4) is 0 Å². The van der Waals surface area contributed by atoms with Crippen LogP contribution in [0, 0.1) is 11.6 Å². The summed E-state index contributed by atoms with van der Waals surface area (Å²) < 4.78 is 55.2. The molecule has 1 aromatic heterocycles. The minimum absolute atomic E-state index is 0. The van der Waals surface area contributed by atoms with E-state index < -0.39 is 38.4 Å². The molecule has 1 unspecified atom stereocenters. The van der Waals surface area contributed by atoms with Gasteiger partial charge in [-0.2, -0.15) is 0 Å². The maximum absolute atomic E-state index is 13.7. The molecule has 0 spiro atoms. The van der Waals surface area contributed by atoms with Gasteiger partial charge in [0.05, 0.1) is 22.8 Å². The fourth-order valence-corrected chi connectivity index (χ4v) is 5.60. The number of carbonyl (C=O) groups is 2. The van der Waals surface area contributed by atoms with E-state index in [0.29, 0.717) is 28.6 Å². The number of benzene rings is 4. The zero-order valence-electron chi connectivity index (χ0n) is 20.2. The molecule has 0 radical (unpaired) electrons. The van der Waals surface area contributed by atoms with Crippen LogP contribution >= 0.6 is 0 Å². The van der Waals surface area contributed by atoms with Gasteiger partial charge in [0.15, 0.2) is 11.6 Å². The molecule has 1 heterocycles. The average molecular weight is 597 g/mol. The molecule has 0 saturated carbocycles. The van der Waals surface area contributed by atoms with E-state index in [2.05, 4.69) is 0 Å². The van der Waals surface area contributed by atoms with Crippen molar-refractivity contribution in [1.29, 1.82) is 0 Å². The van der Waals surface area contributed by atoms with Gasteiger partial charge in [0.2, 0.25) is 11.8 Å². The normalized spacial score (nSPS) is 11.3. The standard InChI is InChI=1S/C29H22F2N2O4S.4CH4/c1-18(22-11-6-8-19-7-2-3-9-23(19)22)29(35)33-17-20(24-10-4-5-12-27(24)33)15-28(34)32-38(36,37)21-13-14-25(30)26(31)16-21;;;;/h2-14,16-18H,15H2,1H3,(H,32,34);4*1H4. The van der Waals surface area contributed by atoms with Crippen LogP contribution in [0.2, 0.25) is 0 Å². The Morgan fingerprint density at radius 1 is 0.810 bits per heavy atom. The molecule has 6 nitrogen and oxygen atoms in total. The molecule has 1 N–H and O–H groups in total. The van der Waals surface area contributed by atoms with Crippen molar-refractivity contribution in [3.05, 3.63) is 114 Å². The minimum atomic E-state index is -4.43. The van der Waals surface area contributed by atoms with Crippen molar-refractivity contribution in [3.8, 4) is 0 Å². The van der Waals surface area contributed by atoms with Crippen LogP contribution in [-0.2, 0) is 21.2 Å². The van der Waals surface area contributed by atoms with Gasteiger partial charge >= 0.3 is 0 Å². The predicted octanol–water partition coefficient (Wildman–Crippen LogP) is 8.11. The van der Waals surface area contributed by atoms with E-state index in [-0.39, 0.29) is 42.0 Å². The molecule has 1 amide bonds. The summed E-state index contributed by atoms with van der Waals surface area (Å²) in [6, 6.07) is 22.6. The highest BCUT2D eigenvalue weighted by Gasteiger charge is 2.24. The van der Waals surface area contributed by atoms with E-state index in [9.17, 15) is 26.8 Å².